The van der Waals surface area contributed by atoms with Gasteiger partial charge < -0.3 is 4.74 Å². The molecular formula is C18H15ClN2O. The summed E-state index contributed by atoms with van der Waals surface area (Å²) in [4.78, 5) is 8.95. The van der Waals surface area contributed by atoms with E-state index in [0.29, 0.717) is 11.0 Å². The Hall–Kier alpha value is -2.39. The highest BCUT2D eigenvalue weighted by atomic mass is 35.5. The Labute approximate surface area is 134 Å². The molecular weight excluding hydrogens is 296 g/mol. The van der Waals surface area contributed by atoms with Crippen LogP contribution >= 0.6 is 11.6 Å². The van der Waals surface area contributed by atoms with Gasteiger partial charge in [-0.15, -0.1) is 0 Å². The summed E-state index contributed by atoms with van der Waals surface area (Å²) in [5, 5.41) is 0.420. The Balaban J connectivity index is 2.08. The van der Waals surface area contributed by atoms with E-state index in [4.69, 9.17) is 16.3 Å². The molecule has 0 atom stereocenters. The van der Waals surface area contributed by atoms with E-state index in [2.05, 4.69) is 29.0 Å². The molecule has 0 N–H and O–H groups in total. The van der Waals surface area contributed by atoms with Gasteiger partial charge in [-0.3, -0.25) is 0 Å². The molecule has 0 fully saturated rings. The van der Waals surface area contributed by atoms with Gasteiger partial charge in [-0.05, 0) is 19.1 Å². The first-order valence-electron chi connectivity index (χ1n) is 6.92. The summed E-state index contributed by atoms with van der Waals surface area (Å²) in [6.07, 6.45) is 0. The fourth-order valence-corrected chi connectivity index (χ4v) is 2.36. The van der Waals surface area contributed by atoms with E-state index in [-0.39, 0.29) is 0 Å². The maximum Gasteiger partial charge on any atom is 0.161 e. The summed E-state index contributed by atoms with van der Waals surface area (Å²) < 4.78 is 5.25. The van der Waals surface area contributed by atoms with Crippen molar-refractivity contribution >= 4 is 11.6 Å². The monoisotopic (exact) mass is 310 g/mol. The van der Waals surface area contributed by atoms with Gasteiger partial charge in [0.25, 0.3) is 0 Å². The van der Waals surface area contributed by atoms with Crippen LogP contribution in [-0.2, 0) is 0 Å². The largest absolute Gasteiger partial charge is 0.497 e. The number of aryl methyl sites for hydroxylation is 1. The molecule has 0 aliphatic carbocycles. The standard InChI is InChI=1S/C18H15ClN2O/c1-12-6-8-13(9-7-12)16-11-17(19)21-18(20-16)14-4-3-5-15(10-14)22-2/h3-11H,1-2H3. The molecule has 3 nitrogen and oxygen atoms in total. The van der Waals surface area contributed by atoms with Gasteiger partial charge in [-0.2, -0.15) is 0 Å². The minimum atomic E-state index is 0.420. The molecule has 0 radical (unpaired) electrons. The lowest BCUT2D eigenvalue weighted by atomic mass is 10.1. The Morgan fingerprint density at radius 3 is 2.41 bits per heavy atom. The number of hydrogen-bond donors (Lipinski definition) is 0. The van der Waals surface area contributed by atoms with Gasteiger partial charge in [0.05, 0.1) is 12.8 Å². The van der Waals surface area contributed by atoms with E-state index in [1.54, 1.807) is 13.2 Å². The number of hydrogen-bond acceptors (Lipinski definition) is 3. The van der Waals surface area contributed by atoms with Gasteiger partial charge in [-0.1, -0.05) is 53.6 Å². The molecule has 2 aromatic carbocycles. The van der Waals surface area contributed by atoms with Gasteiger partial charge in [0.2, 0.25) is 0 Å². The third-order valence-electron chi connectivity index (χ3n) is 3.37. The summed E-state index contributed by atoms with van der Waals surface area (Å²) in [7, 11) is 1.63. The normalized spacial score (nSPS) is 10.5. The van der Waals surface area contributed by atoms with E-state index in [9.17, 15) is 0 Å². The summed E-state index contributed by atoms with van der Waals surface area (Å²) in [5.41, 5.74) is 3.89. The first kappa shape index (κ1) is 14.5. The van der Waals surface area contributed by atoms with Crippen LogP contribution in [0.25, 0.3) is 22.6 Å². The van der Waals surface area contributed by atoms with E-state index >= 15 is 0 Å². The molecule has 4 heteroatoms. The van der Waals surface area contributed by atoms with Crippen LogP contribution in [0.15, 0.2) is 54.6 Å². The Bertz CT molecular complexity index is 800. The molecule has 0 spiro atoms. The highest BCUT2D eigenvalue weighted by molar-refractivity contribution is 6.29. The van der Waals surface area contributed by atoms with Gasteiger partial charge in [0.15, 0.2) is 5.82 Å². The molecule has 0 saturated carbocycles. The minimum absolute atomic E-state index is 0.420. The molecule has 0 aliphatic rings. The SMILES string of the molecule is COc1cccc(-c2nc(Cl)cc(-c3ccc(C)cc3)n2)c1. The molecule has 0 bridgehead atoms. The quantitative estimate of drug-likeness (QED) is 0.653. The van der Waals surface area contributed by atoms with Crippen molar-refractivity contribution in [1.29, 1.82) is 0 Å². The lowest BCUT2D eigenvalue weighted by Crippen LogP contribution is -1.94. The zero-order valence-electron chi connectivity index (χ0n) is 12.4. The van der Waals surface area contributed by atoms with Crippen molar-refractivity contribution in [1.82, 2.24) is 9.97 Å². The van der Waals surface area contributed by atoms with E-state index in [1.165, 1.54) is 5.56 Å². The Kier molecular flexibility index (Phi) is 4.07. The van der Waals surface area contributed by atoms with Crippen molar-refractivity contribution < 1.29 is 4.74 Å². The third-order valence-corrected chi connectivity index (χ3v) is 3.56. The van der Waals surface area contributed by atoms with Crippen LogP contribution in [0, 0.1) is 6.92 Å². The van der Waals surface area contributed by atoms with Crippen LogP contribution in [-0.4, -0.2) is 17.1 Å². The summed E-state index contributed by atoms with van der Waals surface area (Å²) >= 11 is 6.17. The summed E-state index contributed by atoms with van der Waals surface area (Å²) in [6, 6.07) is 17.6. The molecule has 0 aliphatic heterocycles. The van der Waals surface area contributed by atoms with Gasteiger partial charge in [-0.25, -0.2) is 9.97 Å². The molecule has 0 saturated heterocycles. The second kappa shape index (κ2) is 6.16. The van der Waals surface area contributed by atoms with Gasteiger partial charge >= 0.3 is 0 Å². The average Bonchev–Trinajstić information content (AvgIpc) is 2.55. The van der Waals surface area contributed by atoms with Crippen molar-refractivity contribution in [2.45, 2.75) is 6.92 Å². The van der Waals surface area contributed by atoms with Crippen molar-refractivity contribution in [3.8, 4) is 28.4 Å². The van der Waals surface area contributed by atoms with Crippen LogP contribution in [0.3, 0.4) is 0 Å². The lowest BCUT2D eigenvalue weighted by Gasteiger charge is -2.07. The first-order valence-corrected chi connectivity index (χ1v) is 7.29. The van der Waals surface area contributed by atoms with Crippen molar-refractivity contribution in [3.05, 3.63) is 65.3 Å². The fraction of sp³-hybridized carbons (Fsp3) is 0.111. The molecule has 0 unspecified atom stereocenters. The van der Waals surface area contributed by atoms with Crippen molar-refractivity contribution in [2.75, 3.05) is 7.11 Å². The average molecular weight is 311 g/mol. The maximum atomic E-state index is 6.17. The Morgan fingerprint density at radius 1 is 0.909 bits per heavy atom. The number of nitrogens with zero attached hydrogens (tertiary/aromatic N) is 2. The minimum Gasteiger partial charge on any atom is -0.497 e. The van der Waals surface area contributed by atoms with Crippen LogP contribution < -0.4 is 4.74 Å². The predicted molar refractivity (Wildman–Crippen MR) is 89.2 cm³/mol. The van der Waals surface area contributed by atoms with Gasteiger partial charge in [0, 0.05) is 17.2 Å². The number of rotatable bonds is 3. The number of benzene rings is 2. The fourth-order valence-electron chi connectivity index (χ4n) is 2.18. The number of halogens is 1. The highest BCUT2D eigenvalue weighted by Crippen LogP contribution is 2.26. The van der Waals surface area contributed by atoms with E-state index < -0.39 is 0 Å². The number of ether oxygens (including phenoxy) is 1. The Morgan fingerprint density at radius 2 is 1.68 bits per heavy atom. The van der Waals surface area contributed by atoms with Crippen LogP contribution in [0.1, 0.15) is 5.56 Å². The molecule has 3 aromatic rings. The second-order valence-electron chi connectivity index (χ2n) is 5.00. The zero-order valence-corrected chi connectivity index (χ0v) is 13.1. The number of aromatic nitrogens is 2. The first-order chi connectivity index (χ1) is 10.7. The topological polar surface area (TPSA) is 35.0 Å². The summed E-state index contributed by atoms with van der Waals surface area (Å²) in [5.74, 6) is 1.35. The zero-order chi connectivity index (χ0) is 15.5. The molecule has 0 amide bonds. The predicted octanol–water partition coefficient (Wildman–Crippen LogP) is 4.78. The maximum absolute atomic E-state index is 6.17. The molecule has 1 aromatic heterocycles. The molecule has 22 heavy (non-hydrogen) atoms. The van der Waals surface area contributed by atoms with E-state index in [1.807, 2.05) is 36.4 Å². The van der Waals surface area contributed by atoms with Crippen molar-refractivity contribution in [2.24, 2.45) is 0 Å². The smallest absolute Gasteiger partial charge is 0.161 e. The summed E-state index contributed by atoms with van der Waals surface area (Å²) in [6.45, 7) is 2.05. The van der Waals surface area contributed by atoms with Gasteiger partial charge in [0.1, 0.15) is 10.9 Å². The number of methoxy groups -OCH3 is 1. The second-order valence-corrected chi connectivity index (χ2v) is 5.38. The van der Waals surface area contributed by atoms with Crippen molar-refractivity contribution in [3.63, 3.8) is 0 Å². The lowest BCUT2D eigenvalue weighted by molar-refractivity contribution is 0.415. The molecule has 1 heterocycles. The van der Waals surface area contributed by atoms with Crippen LogP contribution in [0.2, 0.25) is 5.15 Å². The highest BCUT2D eigenvalue weighted by Gasteiger charge is 2.08. The molecule has 3 rings (SSSR count). The van der Waals surface area contributed by atoms with Crippen LogP contribution in [0.4, 0.5) is 0 Å². The molecule has 110 valence electrons. The van der Waals surface area contributed by atoms with Crippen LogP contribution in [0.5, 0.6) is 5.75 Å². The van der Waals surface area contributed by atoms with E-state index in [0.717, 1.165) is 22.6 Å². The third kappa shape index (κ3) is 3.10.